The fourth-order valence-corrected chi connectivity index (χ4v) is 3.19. The van der Waals surface area contributed by atoms with Gasteiger partial charge in [-0.05, 0) is 31.0 Å². The molecule has 1 unspecified atom stereocenters. The molecule has 1 aliphatic carbocycles. The van der Waals surface area contributed by atoms with Gasteiger partial charge in [0.1, 0.15) is 6.04 Å². The molecule has 0 bridgehead atoms. The molecule has 2 aromatic rings. The van der Waals surface area contributed by atoms with Crippen molar-refractivity contribution in [2.45, 2.75) is 24.8 Å². The number of nitrogens with two attached hydrogens (primary N) is 1. The van der Waals surface area contributed by atoms with Crippen LogP contribution in [0.5, 0.6) is 0 Å². The number of amides is 1. The molecule has 1 aliphatic rings. The van der Waals surface area contributed by atoms with Crippen molar-refractivity contribution in [3.8, 4) is 0 Å². The Labute approximate surface area is 121 Å². The smallest absolute Gasteiger partial charge is 0.243 e. The van der Waals surface area contributed by atoms with Crippen molar-refractivity contribution in [1.82, 2.24) is 4.98 Å². The average molecular weight is 291 g/mol. The predicted octanol–water partition coefficient (Wildman–Crippen LogP) is 2.09. The van der Waals surface area contributed by atoms with E-state index < -0.39 is 6.04 Å². The standard InChI is InChI=1S/C14H17N3O2S/c1-19-7-10(15)13(18)16-9-4-5-11-12(6-9)20-14(17-11)8-2-3-8/h4-6,8,10H,2-3,7,15H2,1H3,(H,16,18). The van der Waals surface area contributed by atoms with Gasteiger partial charge < -0.3 is 15.8 Å². The van der Waals surface area contributed by atoms with Crippen LogP contribution in [0, 0.1) is 0 Å². The summed E-state index contributed by atoms with van der Waals surface area (Å²) in [6.07, 6.45) is 2.49. The Bertz CT molecular complexity index is 636. The minimum Gasteiger partial charge on any atom is -0.383 e. The van der Waals surface area contributed by atoms with Crippen molar-refractivity contribution in [3.05, 3.63) is 23.2 Å². The maximum absolute atomic E-state index is 11.8. The van der Waals surface area contributed by atoms with E-state index in [4.69, 9.17) is 10.5 Å². The van der Waals surface area contributed by atoms with Gasteiger partial charge in [-0.25, -0.2) is 4.98 Å². The maximum atomic E-state index is 11.8. The molecule has 0 aliphatic heterocycles. The number of benzene rings is 1. The zero-order valence-corrected chi connectivity index (χ0v) is 12.1. The van der Waals surface area contributed by atoms with Gasteiger partial charge in [-0.3, -0.25) is 4.79 Å². The molecule has 1 aromatic carbocycles. The van der Waals surface area contributed by atoms with E-state index in [9.17, 15) is 4.79 Å². The van der Waals surface area contributed by atoms with Crippen LogP contribution >= 0.6 is 11.3 Å². The van der Waals surface area contributed by atoms with Crippen molar-refractivity contribution in [2.24, 2.45) is 5.73 Å². The number of carbonyl (C=O) groups excluding carboxylic acids is 1. The van der Waals surface area contributed by atoms with E-state index in [-0.39, 0.29) is 12.5 Å². The van der Waals surface area contributed by atoms with Crippen LogP contribution in [-0.2, 0) is 9.53 Å². The SMILES string of the molecule is COCC(N)C(=O)Nc1ccc2nc(C3CC3)sc2c1. The highest BCUT2D eigenvalue weighted by atomic mass is 32.1. The summed E-state index contributed by atoms with van der Waals surface area (Å²) in [5.41, 5.74) is 7.44. The van der Waals surface area contributed by atoms with E-state index >= 15 is 0 Å². The third-order valence-corrected chi connectivity index (χ3v) is 4.46. The van der Waals surface area contributed by atoms with Crippen LogP contribution in [-0.4, -0.2) is 30.6 Å². The summed E-state index contributed by atoms with van der Waals surface area (Å²) >= 11 is 1.71. The van der Waals surface area contributed by atoms with E-state index in [0.717, 1.165) is 15.9 Å². The maximum Gasteiger partial charge on any atom is 0.243 e. The Morgan fingerprint density at radius 1 is 1.60 bits per heavy atom. The third kappa shape index (κ3) is 2.82. The topological polar surface area (TPSA) is 77.2 Å². The first-order valence-corrected chi connectivity index (χ1v) is 7.45. The van der Waals surface area contributed by atoms with Crippen molar-refractivity contribution in [3.63, 3.8) is 0 Å². The molecule has 1 heterocycles. The number of nitrogens with one attached hydrogen (secondary N) is 1. The fraction of sp³-hybridized carbons (Fsp3) is 0.429. The van der Waals surface area contributed by atoms with Crippen LogP contribution in [0.1, 0.15) is 23.8 Å². The van der Waals surface area contributed by atoms with Gasteiger partial charge in [0, 0.05) is 18.7 Å². The number of rotatable bonds is 5. The molecule has 5 nitrogen and oxygen atoms in total. The molecule has 1 aromatic heterocycles. The molecule has 0 radical (unpaired) electrons. The first-order valence-electron chi connectivity index (χ1n) is 6.63. The summed E-state index contributed by atoms with van der Waals surface area (Å²) in [4.78, 5) is 16.5. The monoisotopic (exact) mass is 291 g/mol. The molecule has 1 saturated carbocycles. The summed E-state index contributed by atoms with van der Waals surface area (Å²) in [5.74, 6) is 0.415. The summed E-state index contributed by atoms with van der Waals surface area (Å²) in [5, 5.41) is 4.02. The highest BCUT2D eigenvalue weighted by Crippen LogP contribution is 2.43. The molecular weight excluding hydrogens is 274 g/mol. The lowest BCUT2D eigenvalue weighted by atomic mass is 10.2. The van der Waals surface area contributed by atoms with Crippen LogP contribution in [0.25, 0.3) is 10.2 Å². The number of hydrogen-bond donors (Lipinski definition) is 2. The number of carbonyl (C=O) groups is 1. The van der Waals surface area contributed by atoms with Crippen LogP contribution in [0.15, 0.2) is 18.2 Å². The third-order valence-electron chi connectivity index (χ3n) is 3.28. The molecule has 0 saturated heterocycles. The molecule has 3 N–H and O–H groups in total. The number of hydrogen-bond acceptors (Lipinski definition) is 5. The molecule has 0 spiro atoms. The van der Waals surface area contributed by atoms with Crippen molar-refractivity contribution in [1.29, 1.82) is 0 Å². The number of methoxy groups -OCH3 is 1. The Balaban J connectivity index is 1.76. The summed E-state index contributed by atoms with van der Waals surface area (Å²) < 4.78 is 5.98. The van der Waals surface area contributed by atoms with E-state index in [0.29, 0.717) is 5.92 Å². The molecule has 20 heavy (non-hydrogen) atoms. The van der Waals surface area contributed by atoms with Gasteiger partial charge >= 0.3 is 0 Å². The van der Waals surface area contributed by atoms with Crippen LogP contribution in [0.3, 0.4) is 0 Å². The fourth-order valence-electron chi connectivity index (χ4n) is 2.02. The van der Waals surface area contributed by atoms with Crippen LogP contribution < -0.4 is 11.1 Å². The van der Waals surface area contributed by atoms with Crippen molar-refractivity contribution >= 4 is 33.1 Å². The van der Waals surface area contributed by atoms with Gasteiger partial charge in [-0.2, -0.15) is 0 Å². The van der Waals surface area contributed by atoms with E-state index in [1.807, 2.05) is 18.2 Å². The van der Waals surface area contributed by atoms with Crippen LogP contribution in [0.2, 0.25) is 0 Å². The predicted molar refractivity (Wildman–Crippen MR) is 80.1 cm³/mol. The van der Waals surface area contributed by atoms with Gasteiger partial charge in [0.15, 0.2) is 0 Å². The molecule has 6 heteroatoms. The molecular formula is C14H17N3O2S. The van der Waals surface area contributed by atoms with Gasteiger partial charge in [0.05, 0.1) is 21.8 Å². The summed E-state index contributed by atoms with van der Waals surface area (Å²) in [6.45, 7) is 0.209. The Hall–Kier alpha value is -1.50. The van der Waals surface area contributed by atoms with E-state index in [1.165, 1.54) is 25.0 Å². The highest BCUT2D eigenvalue weighted by Gasteiger charge is 2.27. The van der Waals surface area contributed by atoms with Crippen molar-refractivity contribution < 1.29 is 9.53 Å². The van der Waals surface area contributed by atoms with Gasteiger partial charge in [0.25, 0.3) is 0 Å². The first-order chi connectivity index (χ1) is 9.67. The quantitative estimate of drug-likeness (QED) is 0.884. The lowest BCUT2D eigenvalue weighted by Gasteiger charge is -2.10. The minimum atomic E-state index is -0.654. The van der Waals surface area contributed by atoms with Gasteiger partial charge in [0.2, 0.25) is 5.91 Å². The lowest BCUT2D eigenvalue weighted by Crippen LogP contribution is -2.39. The average Bonchev–Trinajstić information content (AvgIpc) is 3.19. The Morgan fingerprint density at radius 3 is 3.10 bits per heavy atom. The number of thiazole rings is 1. The molecule has 3 rings (SSSR count). The number of ether oxygens (including phenoxy) is 1. The zero-order chi connectivity index (χ0) is 14.1. The number of anilines is 1. The number of fused-ring (bicyclic) bond motifs is 1. The molecule has 1 amide bonds. The Kier molecular flexibility index (Phi) is 3.69. The minimum absolute atomic E-state index is 0.209. The second kappa shape index (κ2) is 5.47. The first kappa shape index (κ1) is 13.5. The second-order valence-corrected chi connectivity index (χ2v) is 6.12. The highest BCUT2D eigenvalue weighted by molar-refractivity contribution is 7.18. The number of nitrogens with zero attached hydrogens (tertiary/aromatic N) is 1. The Morgan fingerprint density at radius 2 is 2.40 bits per heavy atom. The molecule has 1 atom stereocenters. The van der Waals surface area contributed by atoms with Crippen LogP contribution in [0.4, 0.5) is 5.69 Å². The van der Waals surface area contributed by atoms with Crippen molar-refractivity contribution in [2.75, 3.05) is 19.0 Å². The van der Waals surface area contributed by atoms with Gasteiger partial charge in [-0.15, -0.1) is 11.3 Å². The molecule has 106 valence electrons. The summed E-state index contributed by atoms with van der Waals surface area (Å²) in [6, 6.07) is 5.10. The van der Waals surface area contributed by atoms with E-state index in [1.54, 1.807) is 11.3 Å². The van der Waals surface area contributed by atoms with Gasteiger partial charge in [-0.1, -0.05) is 0 Å². The lowest BCUT2D eigenvalue weighted by molar-refractivity contribution is -0.118. The molecule has 1 fully saturated rings. The summed E-state index contributed by atoms with van der Waals surface area (Å²) in [7, 11) is 1.52. The second-order valence-electron chi connectivity index (χ2n) is 5.06. The largest absolute Gasteiger partial charge is 0.383 e. The van der Waals surface area contributed by atoms with E-state index in [2.05, 4.69) is 10.3 Å². The normalized spacial score (nSPS) is 16.3. The number of aromatic nitrogens is 1. The zero-order valence-electron chi connectivity index (χ0n) is 11.3.